The number of nitrogens with zero attached hydrogens (tertiary/aromatic N) is 3. The standard InChI is InChI=1S/C64H45N3/c1-5-16-46(17-6-1)48-30-35-57(36-31-48)66(60-40-41-64-62(45-60)61-26-13-14-27-63(61)67(64)55-23-11-4-12-24-55)59-39-34-52-42-51(28-29-53(52)44-59)49-32-37-56(38-33-49)65(54-21-9-3-10-22-54)58-25-15-20-50(43-58)47-18-7-2-8-19-47/h1-45H/i32D,33D,37D,38D. The summed E-state index contributed by atoms with van der Waals surface area (Å²) in [7, 11) is 0. The topological polar surface area (TPSA) is 11.4 Å². The minimum Gasteiger partial charge on any atom is -0.310 e. The van der Waals surface area contributed by atoms with Gasteiger partial charge in [-0.15, -0.1) is 0 Å². The van der Waals surface area contributed by atoms with Crippen LogP contribution in [0.25, 0.3) is 71.6 Å². The number of aromatic nitrogens is 1. The Balaban J connectivity index is 0.957. The van der Waals surface area contributed by atoms with Gasteiger partial charge in [0, 0.05) is 50.6 Å². The van der Waals surface area contributed by atoms with Gasteiger partial charge in [-0.2, -0.15) is 0 Å². The Morgan fingerprint density at radius 1 is 0.269 bits per heavy atom. The lowest BCUT2D eigenvalue weighted by molar-refractivity contribution is 1.18. The zero-order valence-electron chi connectivity index (χ0n) is 40.5. The molecule has 0 aliphatic carbocycles. The molecule has 67 heavy (non-hydrogen) atoms. The van der Waals surface area contributed by atoms with Gasteiger partial charge in [0.2, 0.25) is 0 Å². The van der Waals surface area contributed by atoms with Crippen LogP contribution in [-0.4, -0.2) is 4.57 Å². The van der Waals surface area contributed by atoms with Crippen LogP contribution in [0.1, 0.15) is 5.48 Å². The monoisotopic (exact) mass is 859 g/mol. The van der Waals surface area contributed by atoms with Crippen LogP contribution in [-0.2, 0) is 0 Å². The van der Waals surface area contributed by atoms with Gasteiger partial charge in [0.1, 0.15) is 0 Å². The fraction of sp³-hybridized carbons (Fsp3) is 0. The lowest BCUT2D eigenvalue weighted by Gasteiger charge is -2.26. The number of fused-ring (bicyclic) bond motifs is 4. The molecule has 0 unspecified atom stereocenters. The summed E-state index contributed by atoms with van der Waals surface area (Å²) < 4.78 is 40.4. The highest BCUT2D eigenvalue weighted by Gasteiger charge is 2.19. The Bertz CT molecular complexity index is 3890. The third-order valence-electron chi connectivity index (χ3n) is 12.6. The summed E-state index contributed by atoms with van der Waals surface area (Å²) in [5.74, 6) is 0. The first-order chi connectivity index (χ1) is 34.9. The smallest absolute Gasteiger partial charge is 0.0645 e. The summed E-state index contributed by atoms with van der Waals surface area (Å²) in [5.41, 5.74) is 13.2. The van der Waals surface area contributed by atoms with Crippen molar-refractivity contribution in [1.29, 1.82) is 0 Å². The molecule has 0 aliphatic heterocycles. The van der Waals surface area contributed by atoms with Crippen molar-refractivity contribution in [2.45, 2.75) is 0 Å². The molecule has 11 aromatic carbocycles. The first kappa shape index (κ1) is 35.4. The van der Waals surface area contributed by atoms with E-state index in [1.807, 2.05) is 108 Å². The van der Waals surface area contributed by atoms with Gasteiger partial charge in [0.15, 0.2) is 0 Å². The predicted molar refractivity (Wildman–Crippen MR) is 284 cm³/mol. The van der Waals surface area contributed by atoms with Crippen molar-refractivity contribution in [2.24, 2.45) is 0 Å². The molecule has 12 rings (SSSR count). The number of para-hydroxylation sites is 3. The Morgan fingerprint density at radius 2 is 0.731 bits per heavy atom. The van der Waals surface area contributed by atoms with Crippen LogP contribution < -0.4 is 9.80 Å². The minimum absolute atomic E-state index is 0.105. The van der Waals surface area contributed by atoms with Crippen LogP contribution in [0.4, 0.5) is 34.1 Å². The van der Waals surface area contributed by atoms with Gasteiger partial charge in [-0.3, -0.25) is 0 Å². The quantitative estimate of drug-likeness (QED) is 0.136. The Hall–Kier alpha value is -8.92. The van der Waals surface area contributed by atoms with Gasteiger partial charge >= 0.3 is 0 Å². The summed E-state index contributed by atoms with van der Waals surface area (Å²) >= 11 is 0. The van der Waals surface area contributed by atoms with Gasteiger partial charge in [-0.05, 0) is 147 Å². The van der Waals surface area contributed by atoms with E-state index in [0.717, 1.165) is 83.6 Å². The SMILES string of the molecule is [2H]c1c([2H])c(N(c2ccccc2)c2cccc(-c3ccccc3)c2)c([2H])c([2H])c1-c1ccc2cc(N(c3ccc(-c4ccccc4)cc3)c3ccc4c(c3)c3ccccc3n4-c3ccccc3)ccc2c1. The van der Waals surface area contributed by atoms with Gasteiger partial charge < -0.3 is 14.4 Å². The van der Waals surface area contributed by atoms with E-state index in [-0.39, 0.29) is 35.4 Å². The van der Waals surface area contributed by atoms with Crippen LogP contribution in [0.15, 0.2) is 273 Å². The number of hydrogen-bond acceptors (Lipinski definition) is 2. The number of benzene rings is 11. The van der Waals surface area contributed by atoms with E-state index in [1.165, 1.54) is 5.39 Å². The van der Waals surface area contributed by atoms with Crippen LogP contribution in [0.5, 0.6) is 0 Å². The lowest BCUT2D eigenvalue weighted by atomic mass is 9.99. The molecule has 0 saturated heterocycles. The van der Waals surface area contributed by atoms with Crippen LogP contribution >= 0.6 is 0 Å². The molecule has 0 aliphatic rings. The van der Waals surface area contributed by atoms with E-state index >= 15 is 0 Å². The molecule has 0 saturated carbocycles. The molecule has 0 bridgehead atoms. The first-order valence-corrected chi connectivity index (χ1v) is 22.6. The van der Waals surface area contributed by atoms with Crippen molar-refractivity contribution in [1.82, 2.24) is 4.57 Å². The number of hydrogen-bond donors (Lipinski definition) is 0. The highest BCUT2D eigenvalue weighted by atomic mass is 15.1. The van der Waals surface area contributed by atoms with E-state index in [9.17, 15) is 5.48 Å². The lowest BCUT2D eigenvalue weighted by Crippen LogP contribution is -2.10. The molecular weight excluding hydrogens is 811 g/mol. The average Bonchev–Trinajstić information content (AvgIpc) is 3.76. The second-order valence-corrected chi connectivity index (χ2v) is 16.7. The van der Waals surface area contributed by atoms with Crippen molar-refractivity contribution in [3.05, 3.63) is 273 Å². The van der Waals surface area contributed by atoms with Gasteiger partial charge in [-0.1, -0.05) is 170 Å². The summed E-state index contributed by atoms with van der Waals surface area (Å²) in [6.07, 6.45) is 0. The van der Waals surface area contributed by atoms with Crippen molar-refractivity contribution >= 4 is 66.7 Å². The maximum Gasteiger partial charge on any atom is 0.0645 e. The van der Waals surface area contributed by atoms with E-state index in [4.69, 9.17) is 0 Å². The van der Waals surface area contributed by atoms with Crippen LogP contribution in [0.3, 0.4) is 0 Å². The summed E-state index contributed by atoms with van der Waals surface area (Å²) in [6, 6.07) is 84.4. The molecule has 0 amide bonds. The second-order valence-electron chi connectivity index (χ2n) is 16.7. The van der Waals surface area contributed by atoms with Gasteiger partial charge in [-0.25, -0.2) is 0 Å². The molecule has 0 atom stereocenters. The molecular formula is C64H45N3. The summed E-state index contributed by atoms with van der Waals surface area (Å²) in [4.78, 5) is 4.13. The Morgan fingerprint density at radius 3 is 1.48 bits per heavy atom. The molecule has 3 heteroatoms. The normalized spacial score (nSPS) is 12.1. The highest BCUT2D eigenvalue weighted by Crippen LogP contribution is 2.42. The third-order valence-corrected chi connectivity index (χ3v) is 12.6. The summed E-state index contributed by atoms with van der Waals surface area (Å²) in [5, 5.41) is 4.21. The third kappa shape index (κ3) is 7.59. The van der Waals surface area contributed by atoms with Crippen LogP contribution in [0, 0.1) is 0 Å². The molecule has 1 heterocycles. The number of rotatable bonds is 10. The second kappa shape index (κ2) is 17.2. The maximum atomic E-state index is 9.53. The molecule has 12 aromatic rings. The molecule has 0 spiro atoms. The van der Waals surface area contributed by atoms with E-state index < -0.39 is 0 Å². The predicted octanol–water partition coefficient (Wildman–Crippen LogP) is 17.9. The molecule has 0 radical (unpaired) electrons. The highest BCUT2D eigenvalue weighted by molar-refractivity contribution is 6.11. The molecule has 316 valence electrons. The van der Waals surface area contributed by atoms with E-state index in [1.54, 1.807) is 0 Å². The Kier molecular flexibility index (Phi) is 9.11. The molecule has 1 aromatic heterocycles. The van der Waals surface area contributed by atoms with Crippen molar-refractivity contribution < 1.29 is 5.48 Å². The fourth-order valence-electron chi connectivity index (χ4n) is 9.37. The van der Waals surface area contributed by atoms with Crippen molar-refractivity contribution in [3.63, 3.8) is 0 Å². The molecule has 0 fully saturated rings. The molecule has 3 nitrogen and oxygen atoms in total. The van der Waals surface area contributed by atoms with Gasteiger partial charge in [0.25, 0.3) is 0 Å². The minimum atomic E-state index is -0.122. The van der Waals surface area contributed by atoms with Crippen molar-refractivity contribution in [3.8, 4) is 39.1 Å². The largest absolute Gasteiger partial charge is 0.310 e. The summed E-state index contributed by atoms with van der Waals surface area (Å²) in [6.45, 7) is 0. The molecule has 0 N–H and O–H groups in total. The average molecular weight is 860 g/mol. The van der Waals surface area contributed by atoms with Crippen molar-refractivity contribution in [2.75, 3.05) is 9.80 Å². The van der Waals surface area contributed by atoms with E-state index in [2.05, 4.69) is 155 Å². The van der Waals surface area contributed by atoms with E-state index in [0.29, 0.717) is 5.56 Å². The fourth-order valence-corrected chi connectivity index (χ4v) is 9.37. The zero-order valence-corrected chi connectivity index (χ0v) is 36.5. The zero-order chi connectivity index (χ0) is 48.0. The number of anilines is 6. The van der Waals surface area contributed by atoms with Crippen LogP contribution in [0.2, 0.25) is 0 Å². The van der Waals surface area contributed by atoms with Gasteiger partial charge in [0.05, 0.1) is 16.5 Å². The first-order valence-electron chi connectivity index (χ1n) is 24.6. The Labute approximate surface area is 396 Å². The maximum absolute atomic E-state index is 9.53.